The average Bonchev–Trinajstić information content (AvgIpc) is 2.95. The number of imide groups is 1. The first-order valence-electron chi connectivity index (χ1n) is 9.37. The van der Waals surface area contributed by atoms with Gasteiger partial charge in [-0.15, -0.1) is 0 Å². The van der Waals surface area contributed by atoms with Crippen molar-refractivity contribution in [3.8, 4) is 11.5 Å². The second kappa shape index (κ2) is 9.04. The second-order valence-electron chi connectivity index (χ2n) is 6.74. The molecule has 30 heavy (non-hydrogen) atoms. The summed E-state index contributed by atoms with van der Waals surface area (Å²) in [6.07, 6.45) is 1.42. The molecule has 3 amide bonds. The van der Waals surface area contributed by atoms with Gasteiger partial charge in [-0.1, -0.05) is 18.2 Å². The molecule has 3 rings (SSSR count). The van der Waals surface area contributed by atoms with Crippen molar-refractivity contribution in [2.75, 3.05) is 18.5 Å². The van der Waals surface area contributed by atoms with Crippen molar-refractivity contribution in [1.29, 1.82) is 0 Å². The van der Waals surface area contributed by atoms with Crippen LogP contribution in [-0.2, 0) is 9.59 Å². The number of nitrogens with zero attached hydrogens (tertiary/aromatic N) is 1. The molecule has 1 heterocycles. The SMILES string of the molecule is CCOc1cccc(/C=C2/SC(=O)N(CC(=O)Nc3ccc(C)c(C)c3)C2=O)c1O. The highest BCUT2D eigenvalue weighted by Gasteiger charge is 2.36. The summed E-state index contributed by atoms with van der Waals surface area (Å²) in [5.41, 5.74) is 3.08. The zero-order valence-corrected chi connectivity index (χ0v) is 17.7. The lowest BCUT2D eigenvalue weighted by Gasteiger charge is -2.13. The molecule has 1 aliphatic rings. The van der Waals surface area contributed by atoms with Crippen molar-refractivity contribution in [2.24, 2.45) is 0 Å². The molecule has 0 saturated carbocycles. The standard InChI is InChI=1S/C22H22N2O5S/c1-4-29-17-7-5-6-15(20(17)26)11-18-21(27)24(22(28)30-18)12-19(25)23-16-9-8-13(2)14(3)10-16/h5-11,26H,4,12H2,1-3H3,(H,23,25)/b18-11+. The Hall–Kier alpha value is -3.26. The average molecular weight is 426 g/mol. The number of carbonyl (C=O) groups is 3. The lowest BCUT2D eigenvalue weighted by Crippen LogP contribution is -2.36. The van der Waals surface area contributed by atoms with Crippen LogP contribution in [0, 0.1) is 13.8 Å². The third-order valence-electron chi connectivity index (χ3n) is 4.58. The fraction of sp³-hybridized carbons (Fsp3) is 0.227. The van der Waals surface area contributed by atoms with Crippen molar-refractivity contribution in [2.45, 2.75) is 20.8 Å². The molecule has 2 N–H and O–H groups in total. The lowest BCUT2D eigenvalue weighted by atomic mass is 10.1. The normalized spacial score (nSPS) is 15.0. The molecule has 0 aromatic heterocycles. The topological polar surface area (TPSA) is 95.9 Å². The Balaban J connectivity index is 1.73. The molecule has 1 saturated heterocycles. The summed E-state index contributed by atoms with van der Waals surface area (Å²) in [6, 6.07) is 10.4. The Morgan fingerprint density at radius 1 is 1.20 bits per heavy atom. The number of ether oxygens (including phenoxy) is 1. The van der Waals surface area contributed by atoms with E-state index in [0.717, 1.165) is 27.8 Å². The number of para-hydroxylation sites is 1. The van der Waals surface area contributed by atoms with E-state index >= 15 is 0 Å². The number of phenolic OH excluding ortho intramolecular Hbond substituents is 1. The van der Waals surface area contributed by atoms with Crippen LogP contribution in [0.4, 0.5) is 10.5 Å². The number of hydrogen-bond donors (Lipinski definition) is 2. The van der Waals surface area contributed by atoms with Crippen LogP contribution in [0.2, 0.25) is 0 Å². The number of anilines is 1. The minimum Gasteiger partial charge on any atom is -0.504 e. The summed E-state index contributed by atoms with van der Waals surface area (Å²) >= 11 is 0.724. The van der Waals surface area contributed by atoms with Gasteiger partial charge >= 0.3 is 0 Å². The summed E-state index contributed by atoms with van der Waals surface area (Å²) in [5.74, 6) is -0.874. The summed E-state index contributed by atoms with van der Waals surface area (Å²) < 4.78 is 5.33. The van der Waals surface area contributed by atoms with Crippen molar-refractivity contribution in [3.63, 3.8) is 0 Å². The van der Waals surface area contributed by atoms with Crippen molar-refractivity contribution >= 4 is 40.6 Å². The Bertz CT molecular complexity index is 1050. The third kappa shape index (κ3) is 4.65. The first-order valence-corrected chi connectivity index (χ1v) is 10.2. The maximum atomic E-state index is 12.7. The van der Waals surface area contributed by atoms with Gasteiger partial charge in [-0.05, 0) is 67.9 Å². The molecule has 8 heteroatoms. The minimum atomic E-state index is -0.582. The van der Waals surface area contributed by atoms with E-state index in [9.17, 15) is 19.5 Å². The molecule has 0 radical (unpaired) electrons. The fourth-order valence-corrected chi connectivity index (χ4v) is 3.70. The van der Waals surface area contributed by atoms with E-state index in [1.54, 1.807) is 31.2 Å². The smallest absolute Gasteiger partial charge is 0.294 e. The second-order valence-corrected chi connectivity index (χ2v) is 7.74. The van der Waals surface area contributed by atoms with E-state index in [4.69, 9.17) is 4.74 Å². The highest BCUT2D eigenvalue weighted by Crippen LogP contribution is 2.36. The van der Waals surface area contributed by atoms with Gasteiger partial charge in [0.05, 0.1) is 11.5 Å². The molecule has 2 aromatic carbocycles. The number of aryl methyl sites for hydroxylation is 2. The molecule has 2 aromatic rings. The molecular formula is C22H22N2O5S. The van der Waals surface area contributed by atoms with Crippen molar-refractivity contribution < 1.29 is 24.2 Å². The lowest BCUT2D eigenvalue weighted by molar-refractivity contribution is -0.127. The van der Waals surface area contributed by atoms with E-state index in [-0.39, 0.29) is 17.2 Å². The monoisotopic (exact) mass is 426 g/mol. The molecule has 0 spiro atoms. The van der Waals surface area contributed by atoms with Crippen molar-refractivity contribution in [3.05, 3.63) is 58.0 Å². The minimum absolute atomic E-state index is 0.112. The largest absolute Gasteiger partial charge is 0.504 e. The highest BCUT2D eigenvalue weighted by atomic mass is 32.2. The zero-order valence-electron chi connectivity index (χ0n) is 16.9. The van der Waals surface area contributed by atoms with Crippen LogP contribution in [0.25, 0.3) is 6.08 Å². The van der Waals surface area contributed by atoms with Gasteiger partial charge in [0.15, 0.2) is 11.5 Å². The quantitative estimate of drug-likeness (QED) is 0.676. The van der Waals surface area contributed by atoms with Crippen LogP contribution in [0.3, 0.4) is 0 Å². The number of carbonyl (C=O) groups excluding carboxylic acids is 3. The molecule has 7 nitrogen and oxygen atoms in total. The van der Waals surface area contributed by atoms with Gasteiger partial charge in [0.25, 0.3) is 11.1 Å². The maximum Gasteiger partial charge on any atom is 0.294 e. The van der Waals surface area contributed by atoms with Gasteiger partial charge in [0, 0.05) is 11.3 Å². The first kappa shape index (κ1) is 21.4. The van der Waals surface area contributed by atoms with E-state index in [1.807, 2.05) is 26.0 Å². The summed E-state index contributed by atoms with van der Waals surface area (Å²) in [5, 5.41) is 12.5. The number of benzene rings is 2. The van der Waals surface area contributed by atoms with Gasteiger partial charge in [0.1, 0.15) is 6.54 Å². The van der Waals surface area contributed by atoms with Crippen LogP contribution in [0.1, 0.15) is 23.6 Å². The number of rotatable bonds is 6. The fourth-order valence-electron chi connectivity index (χ4n) is 2.87. The maximum absolute atomic E-state index is 12.7. The number of amides is 3. The van der Waals surface area contributed by atoms with Gasteiger partial charge in [-0.3, -0.25) is 19.3 Å². The predicted molar refractivity (Wildman–Crippen MR) is 116 cm³/mol. The molecule has 1 aliphatic heterocycles. The summed E-state index contributed by atoms with van der Waals surface area (Å²) in [4.78, 5) is 38.3. The first-order chi connectivity index (χ1) is 14.3. The van der Waals surface area contributed by atoms with Crippen molar-refractivity contribution in [1.82, 2.24) is 4.90 Å². The van der Waals surface area contributed by atoms with Crippen LogP contribution >= 0.6 is 11.8 Å². The van der Waals surface area contributed by atoms with E-state index in [2.05, 4.69) is 5.32 Å². The van der Waals surface area contributed by atoms with E-state index in [0.29, 0.717) is 23.6 Å². The van der Waals surface area contributed by atoms with E-state index in [1.165, 1.54) is 6.08 Å². The number of phenols is 1. The van der Waals surface area contributed by atoms with Gasteiger partial charge in [-0.2, -0.15) is 0 Å². The van der Waals surface area contributed by atoms with Gasteiger partial charge in [0.2, 0.25) is 5.91 Å². The van der Waals surface area contributed by atoms with Crippen LogP contribution in [-0.4, -0.2) is 40.2 Å². The van der Waals surface area contributed by atoms with Crippen LogP contribution in [0.15, 0.2) is 41.3 Å². The molecular weight excluding hydrogens is 404 g/mol. The van der Waals surface area contributed by atoms with Gasteiger partial charge in [-0.25, -0.2) is 0 Å². The Morgan fingerprint density at radius 3 is 2.67 bits per heavy atom. The van der Waals surface area contributed by atoms with Gasteiger partial charge < -0.3 is 15.2 Å². The summed E-state index contributed by atoms with van der Waals surface area (Å²) in [6.45, 7) is 5.68. The third-order valence-corrected chi connectivity index (χ3v) is 5.49. The van der Waals surface area contributed by atoms with E-state index < -0.39 is 17.1 Å². The Labute approximate surface area is 178 Å². The van der Waals surface area contributed by atoms with Crippen LogP contribution in [0.5, 0.6) is 11.5 Å². The van der Waals surface area contributed by atoms with Crippen LogP contribution < -0.4 is 10.1 Å². The number of aromatic hydroxyl groups is 1. The Morgan fingerprint density at radius 2 is 1.97 bits per heavy atom. The molecule has 0 atom stereocenters. The molecule has 1 fully saturated rings. The number of thioether (sulfide) groups is 1. The highest BCUT2D eigenvalue weighted by molar-refractivity contribution is 8.18. The Kier molecular flexibility index (Phi) is 6.47. The number of hydrogen-bond acceptors (Lipinski definition) is 6. The number of nitrogens with one attached hydrogen (secondary N) is 1. The molecule has 0 unspecified atom stereocenters. The molecule has 0 bridgehead atoms. The molecule has 0 aliphatic carbocycles. The predicted octanol–water partition coefficient (Wildman–Crippen LogP) is 4.08. The zero-order chi connectivity index (χ0) is 21.8. The molecule has 156 valence electrons. The summed E-state index contributed by atoms with van der Waals surface area (Å²) in [7, 11) is 0.